The molecule has 0 aliphatic carbocycles. The number of rotatable bonds is 4. The van der Waals surface area contributed by atoms with Crippen molar-refractivity contribution in [1.29, 1.82) is 0 Å². The first kappa shape index (κ1) is 12.7. The maximum absolute atomic E-state index is 2.44. The van der Waals surface area contributed by atoms with Gasteiger partial charge in [-0.15, -0.1) is 0 Å². The summed E-state index contributed by atoms with van der Waals surface area (Å²) >= 11 is 0. The molecule has 0 N–H and O–H groups in total. The Balaban J connectivity index is 0.00000144. The molecule has 0 aromatic heterocycles. The van der Waals surface area contributed by atoms with E-state index in [1.54, 1.807) is 0 Å². The molecule has 1 aromatic carbocycles. The second-order valence-electron chi connectivity index (χ2n) is 2.65. The van der Waals surface area contributed by atoms with Crippen molar-refractivity contribution < 1.29 is 0 Å². The van der Waals surface area contributed by atoms with Gasteiger partial charge in [-0.25, -0.2) is 0 Å². The third-order valence-electron chi connectivity index (χ3n) is 1.82. The van der Waals surface area contributed by atoms with Crippen molar-refractivity contribution in [3.8, 4) is 0 Å². The Kier molecular flexibility index (Phi) is 6.94. The minimum Gasteiger partial charge on any atom is -0.281 e. The molecule has 0 bridgehead atoms. The second-order valence-corrected chi connectivity index (χ2v) is 4.08. The van der Waals surface area contributed by atoms with Gasteiger partial charge in [0.25, 0.3) is 0 Å². The average Bonchev–Trinajstić information content (AvgIpc) is 2.16. The summed E-state index contributed by atoms with van der Waals surface area (Å²) in [7, 11) is 0.829. The highest BCUT2D eigenvalue weighted by molar-refractivity contribution is 7.44. The van der Waals surface area contributed by atoms with Crippen LogP contribution in [0, 0.1) is 0 Å². The molecular formula is C10H16BNP. The van der Waals surface area contributed by atoms with Crippen LogP contribution in [0.1, 0.15) is 13.8 Å². The first-order chi connectivity index (χ1) is 5.86. The lowest BCUT2D eigenvalue weighted by Crippen LogP contribution is -2.15. The highest BCUT2D eigenvalue weighted by Crippen LogP contribution is 2.15. The third kappa shape index (κ3) is 4.45. The van der Waals surface area contributed by atoms with Gasteiger partial charge in [-0.3, -0.25) is 4.67 Å². The van der Waals surface area contributed by atoms with Crippen LogP contribution >= 0.6 is 8.73 Å². The first-order valence-corrected chi connectivity index (χ1v) is 5.38. The zero-order chi connectivity index (χ0) is 8.81. The monoisotopic (exact) mass is 192 g/mol. The largest absolute Gasteiger partial charge is 0.281 e. The summed E-state index contributed by atoms with van der Waals surface area (Å²) in [4.78, 5) is 0. The molecule has 1 aromatic rings. The topological polar surface area (TPSA) is 3.24 Å². The van der Waals surface area contributed by atoms with Crippen LogP contribution in [0.25, 0.3) is 0 Å². The molecular weight excluding hydrogens is 176 g/mol. The lowest BCUT2D eigenvalue weighted by atomic mass is 10.4. The van der Waals surface area contributed by atoms with Crippen LogP contribution in [-0.2, 0) is 0 Å². The molecule has 13 heavy (non-hydrogen) atoms. The van der Waals surface area contributed by atoms with Crippen LogP contribution in [-0.4, -0.2) is 26.2 Å². The fraction of sp³-hybridized carbons (Fsp3) is 0.400. The van der Waals surface area contributed by atoms with Gasteiger partial charge in [0.1, 0.15) is 0 Å². The van der Waals surface area contributed by atoms with Crippen molar-refractivity contribution in [2.24, 2.45) is 0 Å². The van der Waals surface area contributed by atoms with Gasteiger partial charge in [-0.05, 0) is 27.1 Å². The molecule has 0 aliphatic heterocycles. The fourth-order valence-corrected chi connectivity index (χ4v) is 2.10. The normalized spacial score (nSPS) is 10.7. The zero-order valence-corrected chi connectivity index (χ0v) is 9.33. The van der Waals surface area contributed by atoms with Gasteiger partial charge in [0.15, 0.2) is 0 Å². The molecule has 3 radical (unpaired) electrons. The van der Waals surface area contributed by atoms with Gasteiger partial charge >= 0.3 is 0 Å². The summed E-state index contributed by atoms with van der Waals surface area (Å²) in [5.41, 5.74) is 0. The van der Waals surface area contributed by atoms with Crippen LogP contribution in [0.4, 0.5) is 0 Å². The number of hydrogen-bond donors (Lipinski definition) is 0. The Bertz CT molecular complexity index is 211. The maximum atomic E-state index is 2.44. The van der Waals surface area contributed by atoms with E-state index in [-0.39, 0.29) is 8.41 Å². The molecule has 0 heterocycles. The van der Waals surface area contributed by atoms with Gasteiger partial charge < -0.3 is 0 Å². The van der Waals surface area contributed by atoms with Crippen molar-refractivity contribution >= 4 is 22.4 Å². The highest BCUT2D eigenvalue weighted by Gasteiger charge is 1.98. The minimum absolute atomic E-state index is 0. The molecule has 0 saturated heterocycles. The Morgan fingerprint density at radius 2 is 1.62 bits per heavy atom. The highest BCUT2D eigenvalue weighted by atomic mass is 31.1. The van der Waals surface area contributed by atoms with Crippen molar-refractivity contribution in [1.82, 2.24) is 4.67 Å². The van der Waals surface area contributed by atoms with Crippen LogP contribution in [0.3, 0.4) is 0 Å². The van der Waals surface area contributed by atoms with E-state index in [0.29, 0.717) is 0 Å². The number of benzene rings is 1. The van der Waals surface area contributed by atoms with E-state index in [1.165, 1.54) is 5.30 Å². The summed E-state index contributed by atoms with van der Waals surface area (Å²) in [6.07, 6.45) is 0. The molecule has 69 valence electrons. The second kappa shape index (κ2) is 7.11. The van der Waals surface area contributed by atoms with Crippen LogP contribution in [0.5, 0.6) is 0 Å². The van der Waals surface area contributed by atoms with Gasteiger partial charge in [0, 0.05) is 8.41 Å². The van der Waals surface area contributed by atoms with Gasteiger partial charge in [-0.1, -0.05) is 44.2 Å². The lowest BCUT2D eigenvalue weighted by Gasteiger charge is -2.17. The van der Waals surface area contributed by atoms with Gasteiger partial charge in [0.2, 0.25) is 0 Å². The molecule has 1 atom stereocenters. The summed E-state index contributed by atoms with van der Waals surface area (Å²) in [5.74, 6) is 0. The van der Waals surface area contributed by atoms with Gasteiger partial charge in [0.05, 0.1) is 0 Å². The fourth-order valence-electron chi connectivity index (χ4n) is 1.08. The summed E-state index contributed by atoms with van der Waals surface area (Å²) in [6.45, 7) is 6.70. The number of nitrogens with zero attached hydrogens (tertiary/aromatic N) is 1. The smallest absolute Gasteiger partial charge is 0 e. The lowest BCUT2D eigenvalue weighted by molar-refractivity contribution is 0.519. The van der Waals surface area contributed by atoms with Crippen molar-refractivity contribution in [3.05, 3.63) is 30.3 Å². The summed E-state index contributed by atoms with van der Waals surface area (Å²) < 4.78 is 2.44. The molecule has 3 heteroatoms. The summed E-state index contributed by atoms with van der Waals surface area (Å²) in [5, 5.41) is 1.43. The molecule has 0 saturated carbocycles. The predicted molar refractivity (Wildman–Crippen MR) is 63.1 cm³/mol. The molecule has 0 amide bonds. The third-order valence-corrected chi connectivity index (χ3v) is 3.36. The zero-order valence-electron chi connectivity index (χ0n) is 8.33. The Morgan fingerprint density at radius 1 is 1.08 bits per heavy atom. The van der Waals surface area contributed by atoms with Crippen molar-refractivity contribution in [2.45, 2.75) is 13.8 Å². The van der Waals surface area contributed by atoms with Crippen molar-refractivity contribution in [3.63, 3.8) is 0 Å². The van der Waals surface area contributed by atoms with Crippen LogP contribution in [0.15, 0.2) is 30.3 Å². The standard InChI is InChI=1S/C10H16NP.B/c1-3-11(4-2)12-10-8-6-5-7-9-10;/h5-9,12H,3-4H2,1-2H3;. The SMILES string of the molecule is CCN(CC)Pc1ccccc1.[B]. The predicted octanol–water partition coefficient (Wildman–Crippen LogP) is 1.87. The number of hydrogen-bond acceptors (Lipinski definition) is 1. The summed E-state index contributed by atoms with van der Waals surface area (Å²) in [6, 6.07) is 10.7. The molecule has 1 unspecified atom stereocenters. The molecule has 0 spiro atoms. The van der Waals surface area contributed by atoms with E-state index in [0.717, 1.165) is 21.8 Å². The molecule has 1 nitrogen and oxygen atoms in total. The van der Waals surface area contributed by atoms with Crippen LogP contribution in [0.2, 0.25) is 0 Å². The molecule has 0 aliphatic rings. The Hall–Kier alpha value is -0.325. The quantitative estimate of drug-likeness (QED) is 0.519. The van der Waals surface area contributed by atoms with E-state index in [1.807, 2.05) is 0 Å². The van der Waals surface area contributed by atoms with E-state index in [2.05, 4.69) is 48.8 Å². The van der Waals surface area contributed by atoms with Crippen LogP contribution < -0.4 is 5.30 Å². The molecule has 1 rings (SSSR count). The van der Waals surface area contributed by atoms with E-state index in [4.69, 9.17) is 0 Å². The minimum atomic E-state index is 0. The van der Waals surface area contributed by atoms with Crippen molar-refractivity contribution in [2.75, 3.05) is 13.1 Å². The first-order valence-electron chi connectivity index (χ1n) is 4.43. The maximum Gasteiger partial charge on any atom is 0 e. The Morgan fingerprint density at radius 3 is 2.08 bits per heavy atom. The van der Waals surface area contributed by atoms with E-state index >= 15 is 0 Å². The van der Waals surface area contributed by atoms with Gasteiger partial charge in [-0.2, -0.15) is 0 Å². The van der Waals surface area contributed by atoms with E-state index < -0.39 is 0 Å². The molecule has 0 fully saturated rings. The Labute approximate surface area is 84.9 Å². The average molecular weight is 192 g/mol. The van der Waals surface area contributed by atoms with E-state index in [9.17, 15) is 0 Å².